The van der Waals surface area contributed by atoms with Crippen LogP contribution in [0, 0.1) is 11.8 Å². The summed E-state index contributed by atoms with van der Waals surface area (Å²) in [5.74, 6) is -1.99. The lowest BCUT2D eigenvalue weighted by Gasteiger charge is -2.37. The molecule has 0 spiro atoms. The van der Waals surface area contributed by atoms with Crippen molar-refractivity contribution in [2.24, 2.45) is 22.7 Å². The van der Waals surface area contributed by atoms with E-state index in [0.29, 0.717) is 24.4 Å². The van der Waals surface area contributed by atoms with Crippen molar-refractivity contribution in [2.75, 3.05) is 19.3 Å². The number of amides is 3. The third-order valence-electron chi connectivity index (χ3n) is 5.97. The van der Waals surface area contributed by atoms with E-state index in [2.05, 4.69) is 10.5 Å². The molecular formula is C24H41N5O5S. The van der Waals surface area contributed by atoms with Crippen molar-refractivity contribution in [1.29, 1.82) is 0 Å². The minimum absolute atomic E-state index is 0.0956. The van der Waals surface area contributed by atoms with Gasteiger partial charge >= 0.3 is 12.0 Å². The van der Waals surface area contributed by atoms with E-state index in [1.807, 2.05) is 25.8 Å². The van der Waals surface area contributed by atoms with Gasteiger partial charge in [-0.25, -0.2) is 15.1 Å². The van der Waals surface area contributed by atoms with Gasteiger partial charge in [-0.2, -0.15) is 0 Å². The Labute approximate surface area is 212 Å². The molecule has 1 aliphatic heterocycles. The number of nitrogens with one attached hydrogen (secondary N) is 1. The Bertz CT molecular complexity index is 820. The van der Waals surface area contributed by atoms with E-state index in [0.717, 1.165) is 36.5 Å². The van der Waals surface area contributed by atoms with Crippen LogP contribution < -0.4 is 11.2 Å². The van der Waals surface area contributed by atoms with Crippen molar-refractivity contribution >= 4 is 40.6 Å². The molecule has 10 nitrogen and oxygen atoms in total. The molecular weight excluding hydrogens is 470 g/mol. The number of rotatable bonds is 8. The fraction of sp³-hybridized carbons (Fsp3) is 0.792. The average Bonchev–Trinajstić information content (AvgIpc) is 3.18. The highest BCUT2D eigenvalue weighted by atomic mass is 32.2. The van der Waals surface area contributed by atoms with Crippen molar-refractivity contribution < 1.29 is 23.9 Å². The Morgan fingerprint density at radius 3 is 2.34 bits per heavy atom. The van der Waals surface area contributed by atoms with Gasteiger partial charge in [0.15, 0.2) is 5.17 Å². The molecule has 35 heavy (non-hydrogen) atoms. The van der Waals surface area contributed by atoms with Crippen LogP contribution in [0.1, 0.15) is 73.1 Å². The summed E-state index contributed by atoms with van der Waals surface area (Å²) >= 11 is 1.47. The monoisotopic (exact) mass is 511 g/mol. The fourth-order valence-corrected chi connectivity index (χ4v) is 5.29. The zero-order valence-corrected chi connectivity index (χ0v) is 22.7. The van der Waals surface area contributed by atoms with E-state index in [4.69, 9.17) is 10.5 Å². The van der Waals surface area contributed by atoms with Crippen LogP contribution in [0.15, 0.2) is 5.10 Å². The molecule has 3 amide bonds. The molecule has 2 fully saturated rings. The minimum atomic E-state index is -1.30. The molecule has 1 aliphatic carbocycles. The van der Waals surface area contributed by atoms with Gasteiger partial charge in [0.1, 0.15) is 11.6 Å². The molecule has 1 unspecified atom stereocenters. The number of hydrogen-bond donors (Lipinski definition) is 2. The van der Waals surface area contributed by atoms with Gasteiger partial charge in [0.25, 0.3) is 0 Å². The predicted octanol–water partition coefficient (Wildman–Crippen LogP) is 2.71. The minimum Gasteiger partial charge on any atom is -0.443 e. The molecule has 1 saturated heterocycles. The third kappa shape index (κ3) is 8.49. The average molecular weight is 512 g/mol. The number of nitrogens with zero attached hydrogens (tertiary/aromatic N) is 3. The zero-order chi connectivity index (χ0) is 26.3. The lowest BCUT2D eigenvalue weighted by molar-refractivity contribution is -0.147. The molecule has 2 rings (SSSR count). The number of hydrogen-bond acceptors (Lipinski definition) is 8. The maximum absolute atomic E-state index is 13.5. The fourth-order valence-electron chi connectivity index (χ4n) is 4.32. The first-order valence-corrected chi connectivity index (χ1v) is 13.4. The summed E-state index contributed by atoms with van der Waals surface area (Å²) in [4.78, 5) is 56.0. The number of thioether (sulfide) groups is 1. The molecule has 1 saturated carbocycles. The third-order valence-corrected chi connectivity index (χ3v) is 7.02. The largest absolute Gasteiger partial charge is 0.443 e. The van der Waals surface area contributed by atoms with E-state index in [9.17, 15) is 19.2 Å². The number of amidine groups is 1. The number of ketones is 1. The topological polar surface area (TPSA) is 134 Å². The first kappa shape index (κ1) is 29.1. The van der Waals surface area contributed by atoms with Gasteiger partial charge in [-0.1, -0.05) is 44.9 Å². The Balaban J connectivity index is 2.42. The number of Topliss-reactive ketones (excluding diaryl/α,β-unsaturated/α-hetero) is 1. The number of nitrogens with two attached hydrogens (primary N) is 1. The van der Waals surface area contributed by atoms with E-state index in [-0.39, 0.29) is 11.8 Å². The molecule has 0 aromatic carbocycles. The second-order valence-corrected chi connectivity index (χ2v) is 11.8. The van der Waals surface area contributed by atoms with Crippen LogP contribution in [-0.4, -0.2) is 75.7 Å². The molecule has 3 N–H and O–H groups in total. The quantitative estimate of drug-likeness (QED) is 0.375. The lowest BCUT2D eigenvalue weighted by atomic mass is 9.81. The summed E-state index contributed by atoms with van der Waals surface area (Å²) in [5, 5.41) is 4.67. The number of carbonyl (C=O) groups excluding carboxylic acids is 4. The lowest BCUT2D eigenvalue weighted by Crippen LogP contribution is -2.60. The van der Waals surface area contributed by atoms with Crippen molar-refractivity contribution in [3.05, 3.63) is 0 Å². The Morgan fingerprint density at radius 1 is 1.20 bits per heavy atom. The summed E-state index contributed by atoms with van der Waals surface area (Å²) in [7, 11) is 1.84. The maximum atomic E-state index is 13.5. The van der Waals surface area contributed by atoms with Crippen molar-refractivity contribution in [3.63, 3.8) is 0 Å². The smallest absolute Gasteiger partial charge is 0.417 e. The molecule has 198 valence electrons. The number of ether oxygens (including phenoxy) is 1. The number of carbonyl (C=O) groups is 4. The summed E-state index contributed by atoms with van der Waals surface area (Å²) in [5.41, 5.74) is 7.61. The number of imide groups is 1. The number of hydrazone groups is 1. The van der Waals surface area contributed by atoms with Crippen LogP contribution in [0.3, 0.4) is 0 Å². The van der Waals surface area contributed by atoms with Gasteiger partial charge < -0.3 is 15.4 Å². The van der Waals surface area contributed by atoms with Gasteiger partial charge in [0.05, 0.1) is 6.04 Å². The van der Waals surface area contributed by atoms with E-state index in [1.54, 1.807) is 20.8 Å². The molecule has 2 atom stereocenters. The van der Waals surface area contributed by atoms with Crippen LogP contribution in [0.5, 0.6) is 0 Å². The van der Waals surface area contributed by atoms with Crippen molar-refractivity contribution in [1.82, 2.24) is 15.2 Å². The zero-order valence-electron chi connectivity index (χ0n) is 21.8. The van der Waals surface area contributed by atoms with Crippen LogP contribution in [0.25, 0.3) is 0 Å². The Morgan fingerprint density at radius 2 is 1.83 bits per heavy atom. The van der Waals surface area contributed by atoms with E-state index in [1.165, 1.54) is 11.8 Å². The maximum Gasteiger partial charge on any atom is 0.417 e. The van der Waals surface area contributed by atoms with Gasteiger partial charge in [0.2, 0.25) is 11.7 Å². The normalized spacial score (nSPS) is 20.0. The first-order chi connectivity index (χ1) is 16.3. The van der Waals surface area contributed by atoms with Gasteiger partial charge in [-0.3, -0.25) is 14.4 Å². The SMILES string of the molecule is CC(C)C[C@H](N)C(=O)N(C(=O)OC(C)(C)C)C(C(=O)C(=O)N/N=C1\SCCN1C)C1CCCCC1. The molecule has 0 bridgehead atoms. The van der Waals surface area contributed by atoms with Gasteiger partial charge in [0, 0.05) is 19.3 Å². The second-order valence-electron chi connectivity index (χ2n) is 10.7. The van der Waals surface area contributed by atoms with Crippen LogP contribution in [0.2, 0.25) is 0 Å². The molecule has 11 heteroatoms. The highest BCUT2D eigenvalue weighted by Crippen LogP contribution is 2.31. The highest BCUT2D eigenvalue weighted by Gasteiger charge is 2.45. The Hall–Kier alpha value is -2.14. The molecule has 2 aliphatic rings. The summed E-state index contributed by atoms with van der Waals surface area (Å²) in [6, 6.07) is -2.31. The summed E-state index contributed by atoms with van der Waals surface area (Å²) in [6.45, 7) is 9.65. The highest BCUT2D eigenvalue weighted by molar-refractivity contribution is 8.14. The van der Waals surface area contributed by atoms with Gasteiger partial charge in [-0.05, 0) is 51.9 Å². The Kier molecular flexibility index (Phi) is 10.6. The van der Waals surface area contributed by atoms with Crippen molar-refractivity contribution in [2.45, 2.75) is 90.8 Å². The molecule has 0 radical (unpaired) electrons. The van der Waals surface area contributed by atoms with Crippen molar-refractivity contribution in [3.8, 4) is 0 Å². The van der Waals surface area contributed by atoms with Crippen LogP contribution >= 0.6 is 11.8 Å². The standard InChI is InChI=1S/C24H41N5O5S/c1-15(2)14-17(25)21(32)29(23(33)34-24(3,4)5)18(16-10-8-7-9-11-16)19(30)20(31)26-27-22-28(6)12-13-35-22/h15-18H,7-14,25H2,1-6H3,(H,26,31)/b27-22-/t17-,18?/m0/s1. The van der Waals surface area contributed by atoms with Crippen LogP contribution in [0.4, 0.5) is 4.79 Å². The molecule has 0 aromatic rings. The van der Waals surface area contributed by atoms with Crippen LogP contribution in [-0.2, 0) is 19.1 Å². The van der Waals surface area contributed by atoms with E-state index < -0.39 is 41.4 Å². The molecule has 0 aromatic heterocycles. The van der Waals surface area contributed by atoms with Gasteiger partial charge in [-0.15, -0.1) is 5.10 Å². The summed E-state index contributed by atoms with van der Waals surface area (Å²) < 4.78 is 5.52. The molecule has 1 heterocycles. The predicted molar refractivity (Wildman–Crippen MR) is 137 cm³/mol. The summed E-state index contributed by atoms with van der Waals surface area (Å²) in [6.07, 6.45) is 3.27. The second kappa shape index (κ2) is 12.7. The van der Waals surface area contributed by atoms with E-state index >= 15 is 0 Å². The first-order valence-electron chi connectivity index (χ1n) is 12.4.